The highest BCUT2D eigenvalue weighted by atomic mass is 15.1. The van der Waals surface area contributed by atoms with Crippen molar-refractivity contribution >= 4 is 11.8 Å². The van der Waals surface area contributed by atoms with Crippen molar-refractivity contribution in [3.63, 3.8) is 0 Å². The Bertz CT molecular complexity index is 387. The smallest absolute Gasteiger partial charge is 0.188 e. The lowest BCUT2D eigenvalue weighted by molar-refractivity contribution is 0.747. The minimum absolute atomic E-state index is 0.487. The zero-order chi connectivity index (χ0) is 13.4. The molecule has 0 aliphatic rings. The molecule has 0 saturated heterocycles. The molecule has 0 unspecified atom stereocenters. The van der Waals surface area contributed by atoms with Crippen molar-refractivity contribution in [3.05, 3.63) is 23.9 Å². The van der Waals surface area contributed by atoms with Gasteiger partial charge in [0, 0.05) is 20.6 Å². The SMILES string of the molecule is CCCCNC(N)=NCc1cccc(N(C)C)n1. The number of unbranched alkanes of at least 4 members (excludes halogenated alkanes) is 1. The third-order valence-electron chi connectivity index (χ3n) is 2.50. The minimum atomic E-state index is 0.487. The second kappa shape index (κ2) is 7.53. The molecule has 0 aromatic carbocycles. The molecule has 0 spiro atoms. The van der Waals surface area contributed by atoms with Crippen LogP contribution in [0.1, 0.15) is 25.5 Å². The van der Waals surface area contributed by atoms with Crippen LogP contribution < -0.4 is 16.0 Å². The summed E-state index contributed by atoms with van der Waals surface area (Å²) in [6.45, 7) is 3.52. The van der Waals surface area contributed by atoms with Crippen LogP contribution in [0.25, 0.3) is 0 Å². The lowest BCUT2D eigenvalue weighted by Gasteiger charge is -2.11. The molecule has 3 N–H and O–H groups in total. The first-order valence-corrected chi connectivity index (χ1v) is 6.30. The summed E-state index contributed by atoms with van der Waals surface area (Å²) >= 11 is 0. The molecule has 5 nitrogen and oxygen atoms in total. The number of nitrogens with zero attached hydrogens (tertiary/aromatic N) is 3. The number of anilines is 1. The van der Waals surface area contributed by atoms with Gasteiger partial charge in [-0.15, -0.1) is 0 Å². The molecule has 5 heteroatoms. The van der Waals surface area contributed by atoms with E-state index in [-0.39, 0.29) is 0 Å². The van der Waals surface area contributed by atoms with Crippen molar-refractivity contribution in [2.24, 2.45) is 10.7 Å². The summed E-state index contributed by atoms with van der Waals surface area (Å²) in [5.41, 5.74) is 6.68. The first kappa shape index (κ1) is 14.3. The van der Waals surface area contributed by atoms with E-state index in [9.17, 15) is 0 Å². The van der Waals surface area contributed by atoms with Crippen LogP contribution in [-0.4, -0.2) is 31.6 Å². The van der Waals surface area contributed by atoms with E-state index < -0.39 is 0 Å². The summed E-state index contributed by atoms with van der Waals surface area (Å²) in [7, 11) is 3.94. The summed E-state index contributed by atoms with van der Waals surface area (Å²) in [5.74, 6) is 1.42. The summed E-state index contributed by atoms with van der Waals surface area (Å²) in [6, 6.07) is 5.90. The van der Waals surface area contributed by atoms with Crippen LogP contribution in [0, 0.1) is 0 Å². The number of nitrogens with two attached hydrogens (primary N) is 1. The van der Waals surface area contributed by atoms with Crippen LogP contribution >= 0.6 is 0 Å². The molecule has 0 amide bonds. The van der Waals surface area contributed by atoms with Gasteiger partial charge in [0.15, 0.2) is 5.96 Å². The zero-order valence-electron chi connectivity index (χ0n) is 11.5. The van der Waals surface area contributed by atoms with Crippen LogP contribution in [0.15, 0.2) is 23.2 Å². The van der Waals surface area contributed by atoms with Crippen LogP contribution in [0.3, 0.4) is 0 Å². The number of aliphatic imine (C=N–C) groups is 1. The second-order valence-electron chi connectivity index (χ2n) is 4.36. The molecular formula is C13H23N5. The Balaban J connectivity index is 2.51. The van der Waals surface area contributed by atoms with Gasteiger partial charge in [-0.25, -0.2) is 9.98 Å². The molecule has 0 atom stereocenters. The lowest BCUT2D eigenvalue weighted by Crippen LogP contribution is -2.32. The number of guanidine groups is 1. The molecular weight excluding hydrogens is 226 g/mol. The van der Waals surface area contributed by atoms with Gasteiger partial charge in [-0.2, -0.15) is 0 Å². The van der Waals surface area contributed by atoms with Crippen LogP contribution in [0.2, 0.25) is 0 Å². The number of pyridine rings is 1. The van der Waals surface area contributed by atoms with E-state index in [1.807, 2.05) is 37.2 Å². The number of hydrogen-bond acceptors (Lipinski definition) is 3. The topological polar surface area (TPSA) is 66.5 Å². The Hall–Kier alpha value is -1.78. The Morgan fingerprint density at radius 1 is 1.44 bits per heavy atom. The molecule has 18 heavy (non-hydrogen) atoms. The maximum Gasteiger partial charge on any atom is 0.188 e. The summed E-state index contributed by atoms with van der Waals surface area (Å²) in [4.78, 5) is 10.7. The van der Waals surface area contributed by atoms with Gasteiger partial charge in [0.25, 0.3) is 0 Å². The van der Waals surface area contributed by atoms with Gasteiger partial charge in [0.05, 0.1) is 12.2 Å². The second-order valence-corrected chi connectivity index (χ2v) is 4.36. The third kappa shape index (κ3) is 5.03. The minimum Gasteiger partial charge on any atom is -0.370 e. The molecule has 1 heterocycles. The molecule has 0 saturated carbocycles. The fraction of sp³-hybridized carbons (Fsp3) is 0.538. The lowest BCUT2D eigenvalue weighted by atomic mass is 10.3. The highest BCUT2D eigenvalue weighted by Crippen LogP contribution is 2.08. The average molecular weight is 249 g/mol. The zero-order valence-corrected chi connectivity index (χ0v) is 11.5. The quantitative estimate of drug-likeness (QED) is 0.454. The van der Waals surface area contributed by atoms with Crippen molar-refractivity contribution in [2.75, 3.05) is 25.5 Å². The number of rotatable bonds is 6. The molecule has 100 valence electrons. The number of nitrogens with one attached hydrogen (secondary N) is 1. The molecule has 1 aromatic heterocycles. The molecule has 0 aliphatic heterocycles. The summed E-state index contributed by atoms with van der Waals surface area (Å²) in [6.07, 6.45) is 2.25. The van der Waals surface area contributed by atoms with Crippen LogP contribution in [-0.2, 0) is 6.54 Å². The fourth-order valence-corrected chi connectivity index (χ4v) is 1.42. The number of aromatic nitrogens is 1. The van der Waals surface area contributed by atoms with E-state index in [2.05, 4.69) is 22.2 Å². The Morgan fingerprint density at radius 3 is 2.89 bits per heavy atom. The van der Waals surface area contributed by atoms with E-state index in [1.165, 1.54) is 0 Å². The molecule has 1 aromatic rings. The van der Waals surface area contributed by atoms with Gasteiger partial charge >= 0.3 is 0 Å². The maximum atomic E-state index is 5.76. The standard InChI is InChI=1S/C13H23N5/c1-4-5-9-15-13(14)16-10-11-7-6-8-12(17-11)18(2)3/h6-8H,4-5,9-10H2,1-3H3,(H3,14,15,16). The largest absolute Gasteiger partial charge is 0.370 e. The van der Waals surface area contributed by atoms with E-state index in [1.54, 1.807) is 0 Å². The third-order valence-corrected chi connectivity index (χ3v) is 2.50. The highest BCUT2D eigenvalue weighted by molar-refractivity contribution is 5.77. The van der Waals surface area contributed by atoms with Gasteiger partial charge in [0.1, 0.15) is 5.82 Å². The molecule has 0 aliphatic carbocycles. The van der Waals surface area contributed by atoms with Gasteiger partial charge in [-0.3, -0.25) is 0 Å². The van der Waals surface area contributed by atoms with Crippen molar-refractivity contribution in [1.29, 1.82) is 0 Å². The Kier molecular flexibility index (Phi) is 5.97. The van der Waals surface area contributed by atoms with Gasteiger partial charge in [-0.05, 0) is 18.6 Å². The maximum absolute atomic E-state index is 5.76. The van der Waals surface area contributed by atoms with E-state index in [4.69, 9.17) is 5.73 Å². The van der Waals surface area contributed by atoms with Crippen molar-refractivity contribution in [1.82, 2.24) is 10.3 Å². The molecule has 0 radical (unpaired) electrons. The normalized spacial score (nSPS) is 11.4. The Labute approximate surface area is 109 Å². The molecule has 0 fully saturated rings. The van der Waals surface area contributed by atoms with E-state index in [0.29, 0.717) is 12.5 Å². The Morgan fingerprint density at radius 2 is 2.22 bits per heavy atom. The molecule has 0 bridgehead atoms. The van der Waals surface area contributed by atoms with Gasteiger partial charge in [-0.1, -0.05) is 19.4 Å². The average Bonchev–Trinajstić information content (AvgIpc) is 2.37. The van der Waals surface area contributed by atoms with E-state index in [0.717, 1.165) is 30.9 Å². The fourth-order valence-electron chi connectivity index (χ4n) is 1.42. The van der Waals surface area contributed by atoms with Crippen LogP contribution in [0.5, 0.6) is 0 Å². The predicted octanol–water partition coefficient (Wildman–Crippen LogP) is 1.35. The van der Waals surface area contributed by atoms with Crippen molar-refractivity contribution in [2.45, 2.75) is 26.3 Å². The molecule has 1 rings (SSSR count). The van der Waals surface area contributed by atoms with Gasteiger partial charge in [0.2, 0.25) is 0 Å². The van der Waals surface area contributed by atoms with Crippen molar-refractivity contribution < 1.29 is 0 Å². The summed E-state index contributed by atoms with van der Waals surface area (Å²) in [5, 5.41) is 3.08. The highest BCUT2D eigenvalue weighted by Gasteiger charge is 1.99. The summed E-state index contributed by atoms with van der Waals surface area (Å²) < 4.78 is 0. The van der Waals surface area contributed by atoms with Crippen molar-refractivity contribution in [3.8, 4) is 0 Å². The first-order chi connectivity index (χ1) is 8.63. The monoisotopic (exact) mass is 249 g/mol. The van der Waals surface area contributed by atoms with Gasteiger partial charge < -0.3 is 16.0 Å². The van der Waals surface area contributed by atoms with Crippen LogP contribution in [0.4, 0.5) is 5.82 Å². The predicted molar refractivity (Wildman–Crippen MR) is 76.8 cm³/mol. The first-order valence-electron chi connectivity index (χ1n) is 6.30. The number of hydrogen-bond donors (Lipinski definition) is 2. The van der Waals surface area contributed by atoms with E-state index >= 15 is 0 Å².